The van der Waals surface area contributed by atoms with Gasteiger partial charge in [-0.3, -0.25) is 0 Å². The highest BCUT2D eigenvalue weighted by Gasteiger charge is 2.25. The number of nitrogens with one attached hydrogen (secondary N) is 1. The highest BCUT2D eigenvalue weighted by molar-refractivity contribution is 7.14. The minimum absolute atomic E-state index is 0.151. The second-order valence-electron chi connectivity index (χ2n) is 5.60. The Morgan fingerprint density at radius 3 is 2.94 bits per heavy atom. The fourth-order valence-electron chi connectivity index (χ4n) is 2.11. The molecule has 0 aromatic carbocycles. The van der Waals surface area contributed by atoms with E-state index >= 15 is 0 Å². The summed E-state index contributed by atoms with van der Waals surface area (Å²) in [4.78, 5) is 11.7. The van der Waals surface area contributed by atoms with Crippen molar-refractivity contribution in [1.82, 2.24) is 5.32 Å². The molecule has 1 aliphatic rings. The summed E-state index contributed by atoms with van der Waals surface area (Å²) in [5, 5.41) is 5.01. The Hall–Kier alpha value is -0.740. The Balaban J connectivity index is 1.92. The number of halogens is 1. The van der Waals surface area contributed by atoms with Crippen LogP contribution in [0.25, 0.3) is 0 Å². The topological polar surface area (TPSA) is 38.3 Å². The monoisotopic (exact) mass is 287 g/mol. The number of alkyl carbamates (subject to hydrolysis) is 1. The van der Waals surface area contributed by atoms with Gasteiger partial charge < -0.3 is 10.1 Å². The first kappa shape index (κ1) is 13.7. The third-order valence-corrected chi connectivity index (χ3v) is 4.21. The Morgan fingerprint density at radius 1 is 1.56 bits per heavy atom. The van der Waals surface area contributed by atoms with Gasteiger partial charge in [-0.25, -0.2) is 4.79 Å². The SMILES string of the molecule is CC(C)(C)OC(=O)NC1CCc2c(csc2Cl)C1. The summed E-state index contributed by atoms with van der Waals surface area (Å²) >= 11 is 7.68. The van der Waals surface area contributed by atoms with Crippen LogP contribution in [-0.4, -0.2) is 17.7 Å². The first-order valence-electron chi connectivity index (χ1n) is 6.09. The predicted molar refractivity (Wildman–Crippen MR) is 74.5 cm³/mol. The highest BCUT2D eigenvalue weighted by atomic mass is 35.5. The van der Waals surface area contributed by atoms with Crippen LogP contribution in [0.15, 0.2) is 5.38 Å². The standard InChI is InChI=1S/C13H18ClNO2S/c1-13(2,3)17-12(16)15-9-4-5-10-8(6-9)7-18-11(10)14/h7,9H,4-6H2,1-3H3,(H,15,16). The maximum atomic E-state index is 11.7. The summed E-state index contributed by atoms with van der Waals surface area (Å²) in [6.07, 6.45) is 2.36. The van der Waals surface area contributed by atoms with Crippen LogP contribution in [0.3, 0.4) is 0 Å². The molecule has 1 aromatic rings. The fourth-order valence-corrected chi connectivity index (χ4v) is 3.31. The number of rotatable bonds is 1. The van der Waals surface area contributed by atoms with Gasteiger partial charge in [-0.05, 0) is 56.5 Å². The number of carbonyl (C=O) groups excluding carboxylic acids is 1. The van der Waals surface area contributed by atoms with Crippen molar-refractivity contribution in [3.8, 4) is 0 Å². The summed E-state index contributed by atoms with van der Waals surface area (Å²) in [5.41, 5.74) is 2.07. The third kappa shape index (κ3) is 3.39. The molecule has 0 aliphatic heterocycles. The van der Waals surface area contributed by atoms with E-state index in [9.17, 15) is 4.79 Å². The Kier molecular flexibility index (Phi) is 3.87. The molecule has 1 N–H and O–H groups in total. The third-order valence-electron chi connectivity index (χ3n) is 2.86. The molecule has 1 amide bonds. The van der Waals surface area contributed by atoms with Crippen molar-refractivity contribution >= 4 is 29.0 Å². The molecule has 0 radical (unpaired) electrons. The molecule has 1 aliphatic carbocycles. The zero-order valence-electron chi connectivity index (χ0n) is 10.9. The molecular weight excluding hydrogens is 270 g/mol. The molecule has 0 saturated heterocycles. The van der Waals surface area contributed by atoms with Crippen molar-refractivity contribution in [3.05, 3.63) is 20.8 Å². The van der Waals surface area contributed by atoms with Crippen LogP contribution in [0.1, 0.15) is 38.3 Å². The molecule has 1 heterocycles. The van der Waals surface area contributed by atoms with Crippen LogP contribution >= 0.6 is 22.9 Å². The Morgan fingerprint density at radius 2 is 2.28 bits per heavy atom. The van der Waals surface area contributed by atoms with Crippen molar-refractivity contribution in [2.75, 3.05) is 0 Å². The van der Waals surface area contributed by atoms with Gasteiger partial charge in [0, 0.05) is 6.04 Å². The van der Waals surface area contributed by atoms with Gasteiger partial charge in [-0.2, -0.15) is 0 Å². The minimum Gasteiger partial charge on any atom is -0.444 e. The number of fused-ring (bicyclic) bond motifs is 1. The lowest BCUT2D eigenvalue weighted by molar-refractivity contribution is 0.0500. The van der Waals surface area contributed by atoms with Gasteiger partial charge in [0.1, 0.15) is 5.60 Å². The van der Waals surface area contributed by atoms with E-state index < -0.39 is 5.60 Å². The summed E-state index contributed by atoms with van der Waals surface area (Å²) in [6, 6.07) is 0.151. The van der Waals surface area contributed by atoms with Gasteiger partial charge in [0.05, 0.1) is 4.34 Å². The molecule has 18 heavy (non-hydrogen) atoms. The first-order valence-corrected chi connectivity index (χ1v) is 7.35. The number of amides is 1. The van der Waals surface area contributed by atoms with Crippen molar-refractivity contribution in [1.29, 1.82) is 0 Å². The van der Waals surface area contributed by atoms with E-state index in [2.05, 4.69) is 10.7 Å². The average molecular weight is 288 g/mol. The summed E-state index contributed by atoms with van der Waals surface area (Å²) in [6.45, 7) is 5.60. The predicted octanol–water partition coefficient (Wildman–Crippen LogP) is 3.78. The molecule has 1 unspecified atom stereocenters. The van der Waals surface area contributed by atoms with Crippen LogP contribution in [0.4, 0.5) is 4.79 Å². The van der Waals surface area contributed by atoms with E-state index in [0.29, 0.717) is 0 Å². The van der Waals surface area contributed by atoms with Gasteiger partial charge in [0.25, 0.3) is 0 Å². The smallest absolute Gasteiger partial charge is 0.407 e. The molecule has 0 fully saturated rings. The Labute approximate surface area is 116 Å². The van der Waals surface area contributed by atoms with Crippen molar-refractivity contribution < 1.29 is 9.53 Å². The molecule has 0 saturated carbocycles. The van der Waals surface area contributed by atoms with Gasteiger partial charge in [-0.1, -0.05) is 11.6 Å². The fraction of sp³-hybridized carbons (Fsp3) is 0.615. The van der Waals surface area contributed by atoms with Crippen LogP contribution in [0, 0.1) is 0 Å². The molecule has 0 spiro atoms. The number of hydrogen-bond acceptors (Lipinski definition) is 3. The van der Waals surface area contributed by atoms with Gasteiger partial charge in [0.2, 0.25) is 0 Å². The van der Waals surface area contributed by atoms with Crippen LogP contribution in [0.5, 0.6) is 0 Å². The second-order valence-corrected chi connectivity index (χ2v) is 7.08. The second kappa shape index (κ2) is 5.10. The van der Waals surface area contributed by atoms with Crippen LogP contribution in [0.2, 0.25) is 4.34 Å². The Bertz CT molecular complexity index is 450. The van der Waals surface area contributed by atoms with E-state index in [4.69, 9.17) is 16.3 Å². The maximum absolute atomic E-state index is 11.7. The lowest BCUT2D eigenvalue weighted by atomic mass is 9.91. The van der Waals surface area contributed by atoms with E-state index in [0.717, 1.165) is 23.6 Å². The van der Waals surface area contributed by atoms with Crippen molar-refractivity contribution in [2.45, 2.75) is 51.7 Å². The molecule has 1 atom stereocenters. The van der Waals surface area contributed by atoms with E-state index in [1.165, 1.54) is 11.1 Å². The zero-order valence-corrected chi connectivity index (χ0v) is 12.5. The van der Waals surface area contributed by atoms with Crippen LogP contribution in [-0.2, 0) is 17.6 Å². The largest absolute Gasteiger partial charge is 0.444 e. The lowest BCUT2D eigenvalue weighted by Gasteiger charge is -2.26. The number of ether oxygens (including phenoxy) is 1. The van der Waals surface area contributed by atoms with E-state index in [1.54, 1.807) is 11.3 Å². The average Bonchev–Trinajstić information content (AvgIpc) is 2.57. The minimum atomic E-state index is -0.449. The van der Waals surface area contributed by atoms with E-state index in [1.807, 2.05) is 20.8 Å². The van der Waals surface area contributed by atoms with Crippen molar-refractivity contribution in [2.24, 2.45) is 0 Å². The molecule has 3 nitrogen and oxygen atoms in total. The molecule has 100 valence electrons. The van der Waals surface area contributed by atoms with Crippen LogP contribution < -0.4 is 5.32 Å². The molecule has 1 aromatic heterocycles. The zero-order chi connectivity index (χ0) is 13.3. The highest BCUT2D eigenvalue weighted by Crippen LogP contribution is 2.33. The number of hydrogen-bond donors (Lipinski definition) is 1. The first-order chi connectivity index (χ1) is 8.35. The normalized spacial score (nSPS) is 19.2. The molecule has 5 heteroatoms. The van der Waals surface area contributed by atoms with Gasteiger partial charge >= 0.3 is 6.09 Å². The molecular formula is C13H18ClNO2S. The number of carbonyl (C=O) groups is 1. The summed E-state index contributed by atoms with van der Waals surface area (Å²) < 4.78 is 6.15. The number of thiophene rings is 1. The lowest BCUT2D eigenvalue weighted by Crippen LogP contribution is -2.41. The molecule has 2 rings (SSSR count). The van der Waals surface area contributed by atoms with Crippen molar-refractivity contribution in [3.63, 3.8) is 0 Å². The van der Waals surface area contributed by atoms with Gasteiger partial charge in [-0.15, -0.1) is 11.3 Å². The van der Waals surface area contributed by atoms with E-state index in [-0.39, 0.29) is 12.1 Å². The molecule has 0 bridgehead atoms. The summed E-state index contributed by atoms with van der Waals surface area (Å²) in [5.74, 6) is 0. The van der Waals surface area contributed by atoms with Gasteiger partial charge in [0.15, 0.2) is 0 Å². The quantitative estimate of drug-likeness (QED) is 0.853. The summed E-state index contributed by atoms with van der Waals surface area (Å²) in [7, 11) is 0. The maximum Gasteiger partial charge on any atom is 0.407 e.